The highest BCUT2D eigenvalue weighted by atomic mass is 16.5. The molecule has 0 unspecified atom stereocenters. The normalized spacial score (nSPS) is 11.0. The van der Waals surface area contributed by atoms with Crippen molar-refractivity contribution in [1.82, 2.24) is 15.0 Å². The van der Waals surface area contributed by atoms with Gasteiger partial charge in [-0.3, -0.25) is 0 Å². The van der Waals surface area contributed by atoms with Gasteiger partial charge in [-0.1, -0.05) is 160 Å². The lowest BCUT2D eigenvalue weighted by molar-refractivity contribution is 0.0467. The van der Waals surface area contributed by atoms with Crippen molar-refractivity contribution in [2.75, 3.05) is 13.2 Å². The third-order valence-corrected chi connectivity index (χ3v) is 13.5. The van der Waals surface area contributed by atoms with Crippen molar-refractivity contribution in [2.45, 2.75) is 175 Å². The number of rotatable bonds is 38. The van der Waals surface area contributed by atoms with E-state index in [1.165, 1.54) is 182 Å². The minimum absolute atomic E-state index is 0.138. The summed E-state index contributed by atoms with van der Waals surface area (Å²) in [6, 6.07) is 32.6. The van der Waals surface area contributed by atoms with Crippen LogP contribution in [-0.2, 0) is 11.3 Å². The average Bonchev–Trinajstić information content (AvgIpc) is 3.95. The van der Waals surface area contributed by atoms with Gasteiger partial charge in [-0.25, -0.2) is 23.9 Å². The summed E-state index contributed by atoms with van der Waals surface area (Å²) in [5.74, 6) is 0.0297. The van der Waals surface area contributed by atoms with E-state index in [9.17, 15) is 19.2 Å². The van der Waals surface area contributed by atoms with Gasteiger partial charge >= 0.3 is 23.9 Å². The molecule has 0 fully saturated rings. The standard InChI is InChI=1S/C65H81N3O10/c1-3-5-7-9-11-13-15-17-19-21-23-25-47-73-57-37-27-52(28-38-57)63(70)77-60-43-33-54(34-44-60)65(72)76-59-41-31-51(32-42-59)62(69)75-50-55-49-68(67-66-55)56-35-45-61(46-36-56)78-64(71)53-29-39-58(40-30-53)74-48-26-24-22-20-18-16-14-12-10-8-6-4-2/h27-46,49H,3-26,47-48,50H2,1-2H3. The molecular formula is C65H81N3O10. The van der Waals surface area contributed by atoms with Crippen molar-refractivity contribution in [1.29, 1.82) is 0 Å². The molecular weight excluding hydrogens is 983 g/mol. The molecule has 0 bridgehead atoms. The molecule has 6 aromatic rings. The zero-order valence-electron chi connectivity index (χ0n) is 46.1. The van der Waals surface area contributed by atoms with Gasteiger partial charge in [0.1, 0.15) is 41.0 Å². The second-order valence-electron chi connectivity index (χ2n) is 20.0. The molecule has 13 nitrogen and oxygen atoms in total. The maximum absolute atomic E-state index is 12.9. The Balaban J connectivity index is 0.822. The largest absolute Gasteiger partial charge is 0.494 e. The van der Waals surface area contributed by atoms with E-state index in [1.807, 2.05) is 0 Å². The van der Waals surface area contributed by atoms with Crippen molar-refractivity contribution in [3.05, 3.63) is 155 Å². The van der Waals surface area contributed by atoms with Crippen LogP contribution in [0.5, 0.6) is 28.7 Å². The molecule has 1 heterocycles. The van der Waals surface area contributed by atoms with E-state index >= 15 is 0 Å². The van der Waals surface area contributed by atoms with Crippen LogP contribution < -0.4 is 23.7 Å². The molecule has 78 heavy (non-hydrogen) atoms. The summed E-state index contributed by atoms with van der Waals surface area (Å²) in [5, 5.41) is 8.27. The van der Waals surface area contributed by atoms with E-state index in [4.69, 9.17) is 28.4 Å². The highest BCUT2D eigenvalue weighted by Crippen LogP contribution is 2.23. The fraction of sp³-hybridized carbons (Fsp3) is 0.446. The molecule has 0 aliphatic heterocycles. The highest BCUT2D eigenvalue weighted by Gasteiger charge is 2.15. The monoisotopic (exact) mass is 1060 g/mol. The lowest BCUT2D eigenvalue weighted by Gasteiger charge is -2.09. The van der Waals surface area contributed by atoms with Crippen molar-refractivity contribution >= 4 is 23.9 Å². The summed E-state index contributed by atoms with van der Waals surface area (Å²) in [6.07, 6.45) is 32.6. The molecule has 5 aromatic carbocycles. The van der Waals surface area contributed by atoms with Crippen molar-refractivity contribution in [3.8, 4) is 34.4 Å². The van der Waals surface area contributed by atoms with Gasteiger partial charge in [-0.15, -0.1) is 5.10 Å². The summed E-state index contributed by atoms with van der Waals surface area (Å²) in [5.41, 5.74) is 2.33. The predicted octanol–water partition coefficient (Wildman–Crippen LogP) is 16.4. The molecule has 0 aliphatic rings. The fourth-order valence-electron chi connectivity index (χ4n) is 8.84. The summed E-state index contributed by atoms with van der Waals surface area (Å²) >= 11 is 0. The van der Waals surface area contributed by atoms with Crippen LogP contribution in [0.15, 0.2) is 128 Å². The van der Waals surface area contributed by atoms with Gasteiger partial charge in [-0.05, 0) is 134 Å². The smallest absolute Gasteiger partial charge is 0.343 e. The fourth-order valence-corrected chi connectivity index (χ4v) is 8.84. The molecule has 0 amide bonds. The average molecular weight is 1060 g/mol. The van der Waals surface area contributed by atoms with Crippen molar-refractivity contribution in [2.24, 2.45) is 0 Å². The Bertz CT molecular complexity index is 2650. The van der Waals surface area contributed by atoms with Gasteiger partial charge < -0.3 is 28.4 Å². The minimum Gasteiger partial charge on any atom is -0.494 e. The van der Waals surface area contributed by atoms with Gasteiger partial charge in [0.2, 0.25) is 0 Å². The first-order valence-corrected chi connectivity index (χ1v) is 28.8. The van der Waals surface area contributed by atoms with E-state index < -0.39 is 23.9 Å². The van der Waals surface area contributed by atoms with E-state index in [0.717, 1.165) is 31.4 Å². The number of hydrogen-bond donors (Lipinski definition) is 0. The molecule has 6 rings (SSSR count). The van der Waals surface area contributed by atoms with Crippen LogP contribution in [-0.4, -0.2) is 52.1 Å². The Morgan fingerprint density at radius 1 is 0.359 bits per heavy atom. The number of esters is 4. The summed E-state index contributed by atoms with van der Waals surface area (Å²) < 4.78 is 35.4. The Labute approximate surface area is 462 Å². The Morgan fingerprint density at radius 2 is 0.654 bits per heavy atom. The van der Waals surface area contributed by atoms with Gasteiger partial charge in [-0.2, -0.15) is 0 Å². The van der Waals surface area contributed by atoms with E-state index in [2.05, 4.69) is 24.2 Å². The molecule has 13 heteroatoms. The van der Waals surface area contributed by atoms with Gasteiger partial charge in [0.15, 0.2) is 0 Å². The molecule has 0 radical (unpaired) electrons. The third-order valence-electron chi connectivity index (χ3n) is 13.5. The number of aromatic nitrogens is 3. The summed E-state index contributed by atoms with van der Waals surface area (Å²) in [4.78, 5) is 51.5. The minimum atomic E-state index is -0.632. The molecule has 0 saturated carbocycles. The summed E-state index contributed by atoms with van der Waals surface area (Å²) in [6.45, 7) is 5.67. The van der Waals surface area contributed by atoms with Crippen LogP contribution in [0.3, 0.4) is 0 Å². The first-order valence-electron chi connectivity index (χ1n) is 28.8. The quantitative estimate of drug-likeness (QED) is 0.0206. The Morgan fingerprint density at radius 3 is 1.00 bits per heavy atom. The maximum Gasteiger partial charge on any atom is 0.343 e. The zero-order chi connectivity index (χ0) is 54.8. The molecule has 0 saturated heterocycles. The van der Waals surface area contributed by atoms with Crippen LogP contribution >= 0.6 is 0 Å². The van der Waals surface area contributed by atoms with Crippen LogP contribution in [0.25, 0.3) is 5.69 Å². The molecule has 416 valence electrons. The Kier molecular flexibility index (Phi) is 27.1. The number of carbonyl (C=O) groups is 4. The van der Waals surface area contributed by atoms with Crippen LogP contribution in [0.4, 0.5) is 0 Å². The highest BCUT2D eigenvalue weighted by molar-refractivity contribution is 5.93. The first-order chi connectivity index (χ1) is 38.3. The summed E-state index contributed by atoms with van der Waals surface area (Å²) in [7, 11) is 0. The number of ether oxygens (including phenoxy) is 6. The number of carbonyl (C=O) groups excluding carboxylic acids is 4. The number of nitrogens with zero attached hydrogens (tertiary/aromatic N) is 3. The zero-order valence-corrected chi connectivity index (χ0v) is 46.1. The van der Waals surface area contributed by atoms with Crippen LogP contribution in [0.2, 0.25) is 0 Å². The Hall–Kier alpha value is -7.28. The van der Waals surface area contributed by atoms with Crippen LogP contribution in [0.1, 0.15) is 215 Å². The number of benzene rings is 5. The van der Waals surface area contributed by atoms with Crippen LogP contribution in [0, 0.1) is 0 Å². The van der Waals surface area contributed by atoms with E-state index in [0.29, 0.717) is 47.2 Å². The molecule has 0 aliphatic carbocycles. The van der Waals surface area contributed by atoms with Crippen molar-refractivity contribution < 1.29 is 47.6 Å². The topological polar surface area (TPSA) is 154 Å². The predicted molar refractivity (Wildman–Crippen MR) is 304 cm³/mol. The lowest BCUT2D eigenvalue weighted by atomic mass is 10.1. The van der Waals surface area contributed by atoms with Crippen molar-refractivity contribution in [3.63, 3.8) is 0 Å². The molecule has 0 spiro atoms. The van der Waals surface area contributed by atoms with Gasteiger partial charge in [0.05, 0.1) is 47.4 Å². The number of hydrogen-bond acceptors (Lipinski definition) is 12. The van der Waals surface area contributed by atoms with E-state index in [-0.39, 0.29) is 29.2 Å². The second-order valence-corrected chi connectivity index (χ2v) is 20.0. The number of unbranched alkanes of at least 4 members (excludes halogenated alkanes) is 22. The third kappa shape index (κ3) is 22.4. The van der Waals surface area contributed by atoms with E-state index in [1.54, 1.807) is 79.0 Å². The molecule has 0 N–H and O–H groups in total. The molecule has 0 atom stereocenters. The van der Waals surface area contributed by atoms with Gasteiger partial charge in [0, 0.05) is 0 Å². The van der Waals surface area contributed by atoms with Gasteiger partial charge in [0.25, 0.3) is 0 Å². The SMILES string of the molecule is CCCCCCCCCCCCCCOc1ccc(C(=O)Oc2ccc(C(=O)Oc3ccc(C(=O)OCc4cn(-c5ccc(OC(=O)c6ccc(OCCCCCCCCCCCCCC)cc6)cc5)nn4)cc3)cc2)cc1. The molecule has 1 aromatic heterocycles. The maximum atomic E-state index is 12.9. The first kappa shape index (κ1) is 60.0. The lowest BCUT2D eigenvalue weighted by Crippen LogP contribution is -2.10. The second kappa shape index (κ2) is 35.2.